The van der Waals surface area contributed by atoms with Gasteiger partial charge in [0.15, 0.2) is 11.5 Å². The lowest BCUT2D eigenvalue weighted by Gasteiger charge is -2.10. The van der Waals surface area contributed by atoms with Crippen molar-refractivity contribution in [1.29, 1.82) is 0 Å². The number of pyridine rings is 1. The van der Waals surface area contributed by atoms with Crippen molar-refractivity contribution in [1.82, 2.24) is 9.55 Å². The van der Waals surface area contributed by atoms with Crippen LogP contribution in [0.2, 0.25) is 0 Å². The molecule has 3 heterocycles. The molecule has 0 unspecified atom stereocenters. The van der Waals surface area contributed by atoms with Gasteiger partial charge in [0.2, 0.25) is 12.7 Å². The number of benzene rings is 2. The number of carbonyl (C=O) groups is 2. The summed E-state index contributed by atoms with van der Waals surface area (Å²) in [5.74, 6) is 0.846. The highest BCUT2D eigenvalue weighted by molar-refractivity contribution is 8.00. The maximum atomic E-state index is 13.0. The summed E-state index contributed by atoms with van der Waals surface area (Å²) in [6, 6.07) is 16.3. The van der Waals surface area contributed by atoms with Gasteiger partial charge in [0, 0.05) is 42.1 Å². The molecule has 2 aromatic heterocycles. The van der Waals surface area contributed by atoms with Crippen molar-refractivity contribution in [2.24, 2.45) is 7.05 Å². The molecule has 0 saturated heterocycles. The van der Waals surface area contributed by atoms with Crippen molar-refractivity contribution in [3.05, 3.63) is 72.6 Å². The molecule has 0 aliphatic carbocycles. The van der Waals surface area contributed by atoms with Crippen LogP contribution in [0.1, 0.15) is 10.4 Å². The van der Waals surface area contributed by atoms with Gasteiger partial charge in [0.1, 0.15) is 5.03 Å². The second-order valence-corrected chi connectivity index (χ2v) is 8.34. The highest BCUT2D eigenvalue weighted by Crippen LogP contribution is 2.34. The smallest absolute Gasteiger partial charge is 0.258 e. The van der Waals surface area contributed by atoms with E-state index in [0.29, 0.717) is 27.8 Å². The number of aryl methyl sites for hydroxylation is 1. The number of aromatic nitrogens is 2. The Kier molecular flexibility index (Phi) is 5.62. The molecule has 9 heteroatoms. The summed E-state index contributed by atoms with van der Waals surface area (Å²) in [4.78, 5) is 29.8. The van der Waals surface area contributed by atoms with Gasteiger partial charge in [-0.15, -0.1) is 0 Å². The van der Waals surface area contributed by atoms with Crippen LogP contribution in [0.25, 0.3) is 10.9 Å². The first-order valence-corrected chi connectivity index (χ1v) is 11.2. The van der Waals surface area contributed by atoms with Gasteiger partial charge in [-0.25, -0.2) is 4.98 Å². The number of nitrogens with one attached hydrogen (secondary N) is 2. The molecule has 0 bridgehead atoms. The third-order valence-corrected chi connectivity index (χ3v) is 6.19. The Balaban J connectivity index is 1.26. The van der Waals surface area contributed by atoms with Crippen LogP contribution in [0.4, 0.5) is 11.4 Å². The maximum absolute atomic E-state index is 13.0. The molecule has 5 rings (SSSR count). The predicted molar refractivity (Wildman–Crippen MR) is 127 cm³/mol. The lowest BCUT2D eigenvalue weighted by Crippen LogP contribution is -2.16. The van der Waals surface area contributed by atoms with E-state index in [1.165, 1.54) is 11.8 Å². The van der Waals surface area contributed by atoms with E-state index >= 15 is 0 Å². The van der Waals surface area contributed by atoms with Gasteiger partial charge in [-0.3, -0.25) is 9.59 Å². The number of nitrogens with zero attached hydrogens (tertiary/aromatic N) is 2. The number of fused-ring (bicyclic) bond motifs is 2. The molecule has 0 fully saturated rings. The fourth-order valence-corrected chi connectivity index (χ4v) is 4.38. The number of anilines is 2. The Morgan fingerprint density at radius 1 is 1.06 bits per heavy atom. The Bertz CT molecular complexity index is 1370. The average molecular weight is 461 g/mol. The normalized spacial score (nSPS) is 12.0. The Morgan fingerprint density at radius 3 is 2.85 bits per heavy atom. The fraction of sp³-hybridized carbons (Fsp3) is 0.125. The zero-order valence-corrected chi connectivity index (χ0v) is 18.5. The predicted octanol–water partition coefficient (Wildman–Crippen LogP) is 4.29. The van der Waals surface area contributed by atoms with Crippen LogP contribution in [0, 0.1) is 0 Å². The van der Waals surface area contributed by atoms with E-state index in [4.69, 9.17) is 9.47 Å². The van der Waals surface area contributed by atoms with Gasteiger partial charge in [-0.1, -0.05) is 17.8 Å². The molecular weight excluding hydrogens is 440 g/mol. The molecule has 2 N–H and O–H groups in total. The summed E-state index contributed by atoms with van der Waals surface area (Å²) >= 11 is 1.20. The molecule has 1 aliphatic heterocycles. The summed E-state index contributed by atoms with van der Waals surface area (Å²) in [6.45, 7) is 0.172. The lowest BCUT2D eigenvalue weighted by atomic mass is 10.2. The van der Waals surface area contributed by atoms with E-state index < -0.39 is 0 Å². The molecule has 4 aromatic rings. The first-order chi connectivity index (χ1) is 16.1. The SMILES string of the molecule is Cn1ccc2c(NC(=O)c3cccnc3SCC(=O)Nc3ccc4c(c3)OCO4)cccc21. The molecular formula is C24H20N4O4S. The largest absolute Gasteiger partial charge is 0.454 e. The fourth-order valence-electron chi connectivity index (χ4n) is 3.58. The third kappa shape index (κ3) is 4.35. The number of hydrogen-bond acceptors (Lipinski definition) is 6. The van der Waals surface area contributed by atoms with Crippen LogP contribution in [-0.2, 0) is 11.8 Å². The van der Waals surface area contributed by atoms with Gasteiger partial charge in [-0.2, -0.15) is 0 Å². The number of amides is 2. The van der Waals surface area contributed by atoms with Crippen molar-refractivity contribution in [3.8, 4) is 11.5 Å². The van der Waals surface area contributed by atoms with Crippen LogP contribution >= 0.6 is 11.8 Å². The number of ether oxygens (including phenoxy) is 2. The third-order valence-electron chi connectivity index (χ3n) is 5.19. The minimum atomic E-state index is -0.280. The van der Waals surface area contributed by atoms with E-state index in [1.54, 1.807) is 36.5 Å². The van der Waals surface area contributed by atoms with Crippen LogP contribution in [0.3, 0.4) is 0 Å². The lowest BCUT2D eigenvalue weighted by molar-refractivity contribution is -0.113. The van der Waals surface area contributed by atoms with Gasteiger partial charge in [0.25, 0.3) is 5.91 Å². The van der Waals surface area contributed by atoms with Crippen molar-refractivity contribution in [2.45, 2.75) is 5.03 Å². The maximum Gasteiger partial charge on any atom is 0.258 e. The van der Waals surface area contributed by atoms with Gasteiger partial charge in [0.05, 0.1) is 17.0 Å². The zero-order chi connectivity index (χ0) is 22.8. The zero-order valence-electron chi connectivity index (χ0n) is 17.7. The monoisotopic (exact) mass is 460 g/mol. The van der Waals surface area contributed by atoms with Crippen LogP contribution < -0.4 is 20.1 Å². The molecule has 2 aromatic carbocycles. The van der Waals surface area contributed by atoms with E-state index in [9.17, 15) is 9.59 Å². The van der Waals surface area contributed by atoms with Crippen LogP contribution in [0.5, 0.6) is 11.5 Å². The van der Waals surface area contributed by atoms with Gasteiger partial charge in [-0.05, 0) is 42.5 Å². The minimum Gasteiger partial charge on any atom is -0.454 e. The van der Waals surface area contributed by atoms with Crippen molar-refractivity contribution in [3.63, 3.8) is 0 Å². The Hall–Kier alpha value is -3.98. The van der Waals surface area contributed by atoms with E-state index in [1.807, 2.05) is 42.1 Å². The number of thioether (sulfide) groups is 1. The molecule has 0 spiro atoms. The quantitative estimate of drug-likeness (QED) is 0.417. The highest BCUT2D eigenvalue weighted by atomic mass is 32.2. The summed E-state index contributed by atoms with van der Waals surface area (Å²) in [6.07, 6.45) is 3.55. The highest BCUT2D eigenvalue weighted by Gasteiger charge is 2.17. The first kappa shape index (κ1) is 20.9. The van der Waals surface area contributed by atoms with E-state index in [2.05, 4.69) is 15.6 Å². The standard InChI is InChI=1S/C24H20N4O4S/c1-28-11-9-16-18(5-2-6-19(16)28)27-23(30)17-4-3-10-25-24(17)33-13-22(29)26-15-7-8-20-21(12-15)32-14-31-20/h2-12H,13-14H2,1H3,(H,26,29)(H,27,30). The van der Waals surface area contributed by atoms with Crippen molar-refractivity contribution in [2.75, 3.05) is 23.2 Å². The van der Waals surface area contributed by atoms with Crippen molar-refractivity contribution < 1.29 is 19.1 Å². The minimum absolute atomic E-state index is 0.0972. The van der Waals surface area contributed by atoms with Crippen molar-refractivity contribution >= 4 is 45.9 Å². The Labute approximate surface area is 193 Å². The topological polar surface area (TPSA) is 94.5 Å². The molecule has 33 heavy (non-hydrogen) atoms. The molecule has 0 atom stereocenters. The number of carbonyl (C=O) groups excluding carboxylic acids is 2. The first-order valence-electron chi connectivity index (χ1n) is 10.2. The molecule has 1 aliphatic rings. The summed E-state index contributed by atoms with van der Waals surface area (Å²) < 4.78 is 12.6. The van der Waals surface area contributed by atoms with Crippen LogP contribution in [0.15, 0.2) is 72.0 Å². The summed E-state index contributed by atoms with van der Waals surface area (Å²) in [5.41, 5.74) is 2.76. The second kappa shape index (κ2) is 8.87. The van der Waals surface area contributed by atoms with Gasteiger partial charge >= 0.3 is 0 Å². The van der Waals surface area contributed by atoms with E-state index in [-0.39, 0.29) is 24.4 Å². The average Bonchev–Trinajstić information content (AvgIpc) is 3.45. The number of hydrogen-bond donors (Lipinski definition) is 2. The molecule has 2 amide bonds. The van der Waals surface area contributed by atoms with Gasteiger partial charge < -0.3 is 24.7 Å². The van der Waals surface area contributed by atoms with E-state index in [0.717, 1.165) is 16.6 Å². The second-order valence-electron chi connectivity index (χ2n) is 7.38. The summed E-state index contributed by atoms with van der Waals surface area (Å²) in [5, 5.41) is 7.24. The molecule has 166 valence electrons. The molecule has 0 radical (unpaired) electrons. The van der Waals surface area contributed by atoms with Crippen LogP contribution in [-0.4, -0.2) is 33.9 Å². The molecule has 0 saturated carbocycles. The Morgan fingerprint density at radius 2 is 1.94 bits per heavy atom. The summed E-state index contributed by atoms with van der Waals surface area (Å²) in [7, 11) is 1.96. The molecule has 8 nitrogen and oxygen atoms in total. The number of rotatable bonds is 6.